The first-order valence-electron chi connectivity index (χ1n) is 6.98. The summed E-state index contributed by atoms with van der Waals surface area (Å²) in [4.78, 5) is 4.82. The predicted octanol–water partition coefficient (Wildman–Crippen LogP) is 4.03. The van der Waals surface area contributed by atoms with Crippen LogP contribution in [0.25, 0.3) is 21.8 Å². The third-order valence-electron chi connectivity index (χ3n) is 3.82. The molecule has 0 atom stereocenters. The van der Waals surface area contributed by atoms with Crippen LogP contribution in [0.15, 0.2) is 36.4 Å². The highest BCUT2D eigenvalue weighted by Gasteiger charge is 2.08. The molecule has 0 bridgehead atoms. The number of rotatable bonds is 3. The molecule has 0 unspecified atom stereocenters. The quantitative estimate of drug-likeness (QED) is 0.702. The fourth-order valence-electron chi connectivity index (χ4n) is 2.73. The molecule has 102 valence electrons. The van der Waals surface area contributed by atoms with Crippen molar-refractivity contribution in [2.45, 2.75) is 13.3 Å². The zero-order valence-electron chi connectivity index (χ0n) is 12.1. The van der Waals surface area contributed by atoms with Crippen LogP contribution in [0.2, 0.25) is 0 Å². The number of hydrogen-bond acceptors (Lipinski definition) is 3. The first-order chi connectivity index (χ1) is 9.76. The van der Waals surface area contributed by atoms with Crippen molar-refractivity contribution in [1.82, 2.24) is 4.98 Å². The van der Waals surface area contributed by atoms with Crippen LogP contribution >= 0.6 is 0 Å². The van der Waals surface area contributed by atoms with E-state index in [1.807, 2.05) is 14.1 Å². The minimum Gasteiger partial charge on any atom is -0.388 e. The van der Waals surface area contributed by atoms with Gasteiger partial charge in [-0.3, -0.25) is 0 Å². The Hall–Kier alpha value is -2.29. The zero-order chi connectivity index (χ0) is 14.1. The van der Waals surface area contributed by atoms with Gasteiger partial charge in [-0.15, -0.1) is 0 Å². The molecule has 2 aromatic carbocycles. The van der Waals surface area contributed by atoms with Crippen LogP contribution in [-0.4, -0.2) is 19.1 Å². The van der Waals surface area contributed by atoms with Crippen molar-refractivity contribution in [3.8, 4) is 0 Å². The van der Waals surface area contributed by atoms with E-state index in [1.54, 1.807) is 0 Å². The van der Waals surface area contributed by atoms with Gasteiger partial charge in [0.05, 0.1) is 11.0 Å². The SMILES string of the molecule is CCc1c2ccc(NC)cc2nc2cc(NC)ccc12. The Kier molecular flexibility index (Phi) is 3.18. The van der Waals surface area contributed by atoms with Gasteiger partial charge in [0.1, 0.15) is 0 Å². The summed E-state index contributed by atoms with van der Waals surface area (Å²) >= 11 is 0. The Balaban J connectivity index is 2.39. The second-order valence-electron chi connectivity index (χ2n) is 4.91. The number of nitrogens with zero attached hydrogens (tertiary/aromatic N) is 1. The van der Waals surface area contributed by atoms with Crippen molar-refractivity contribution in [3.63, 3.8) is 0 Å². The average molecular weight is 265 g/mol. The highest BCUT2D eigenvalue weighted by molar-refractivity contribution is 5.99. The first kappa shape index (κ1) is 12.7. The lowest BCUT2D eigenvalue weighted by atomic mass is 10.00. The van der Waals surface area contributed by atoms with Gasteiger partial charge < -0.3 is 10.6 Å². The van der Waals surface area contributed by atoms with Crippen LogP contribution in [0.1, 0.15) is 12.5 Å². The molecule has 0 aliphatic heterocycles. The highest BCUT2D eigenvalue weighted by Crippen LogP contribution is 2.29. The average Bonchev–Trinajstić information content (AvgIpc) is 2.51. The Bertz CT molecular complexity index is 716. The van der Waals surface area contributed by atoms with Crippen molar-refractivity contribution >= 4 is 33.2 Å². The molecule has 0 aliphatic rings. The molecule has 1 heterocycles. The Morgan fingerprint density at radius 3 is 1.75 bits per heavy atom. The van der Waals surface area contributed by atoms with E-state index in [9.17, 15) is 0 Å². The molecule has 20 heavy (non-hydrogen) atoms. The third-order valence-corrected chi connectivity index (χ3v) is 3.82. The van der Waals surface area contributed by atoms with Crippen molar-refractivity contribution in [2.24, 2.45) is 0 Å². The van der Waals surface area contributed by atoms with Gasteiger partial charge in [0.25, 0.3) is 0 Å². The van der Waals surface area contributed by atoms with Crippen LogP contribution in [0.5, 0.6) is 0 Å². The molecule has 3 nitrogen and oxygen atoms in total. The summed E-state index contributed by atoms with van der Waals surface area (Å²) in [6.07, 6.45) is 1.01. The van der Waals surface area contributed by atoms with Gasteiger partial charge in [-0.2, -0.15) is 0 Å². The van der Waals surface area contributed by atoms with E-state index < -0.39 is 0 Å². The van der Waals surface area contributed by atoms with Crippen molar-refractivity contribution in [1.29, 1.82) is 0 Å². The zero-order valence-corrected chi connectivity index (χ0v) is 12.1. The van der Waals surface area contributed by atoms with E-state index in [0.29, 0.717) is 0 Å². The van der Waals surface area contributed by atoms with Crippen molar-refractivity contribution in [2.75, 3.05) is 24.7 Å². The van der Waals surface area contributed by atoms with E-state index in [4.69, 9.17) is 4.98 Å². The number of pyridine rings is 1. The maximum Gasteiger partial charge on any atom is 0.0733 e. The van der Waals surface area contributed by atoms with Gasteiger partial charge in [-0.25, -0.2) is 4.98 Å². The molecule has 0 aliphatic carbocycles. The largest absolute Gasteiger partial charge is 0.388 e. The predicted molar refractivity (Wildman–Crippen MR) is 87.7 cm³/mol. The van der Waals surface area contributed by atoms with Crippen LogP contribution in [0.3, 0.4) is 0 Å². The summed E-state index contributed by atoms with van der Waals surface area (Å²) in [7, 11) is 3.87. The molecule has 2 N–H and O–H groups in total. The molecule has 0 saturated carbocycles. The number of fused-ring (bicyclic) bond motifs is 2. The summed E-state index contributed by atoms with van der Waals surface area (Å²) in [6, 6.07) is 12.8. The number of anilines is 2. The van der Waals surface area contributed by atoms with Crippen LogP contribution in [0.4, 0.5) is 11.4 Å². The molecular weight excluding hydrogens is 246 g/mol. The lowest BCUT2D eigenvalue weighted by Gasteiger charge is -2.11. The molecule has 0 fully saturated rings. The van der Waals surface area contributed by atoms with E-state index in [1.165, 1.54) is 16.3 Å². The molecule has 3 heteroatoms. The smallest absolute Gasteiger partial charge is 0.0733 e. The minimum absolute atomic E-state index is 1.01. The second kappa shape index (κ2) is 5.00. The molecule has 1 aromatic heterocycles. The monoisotopic (exact) mass is 265 g/mol. The number of aryl methyl sites for hydroxylation is 1. The lowest BCUT2D eigenvalue weighted by molar-refractivity contribution is 1.17. The summed E-state index contributed by atoms with van der Waals surface area (Å²) in [5.74, 6) is 0. The topological polar surface area (TPSA) is 37.0 Å². The fraction of sp³-hybridized carbons (Fsp3) is 0.235. The first-order valence-corrected chi connectivity index (χ1v) is 6.98. The number of hydrogen-bond donors (Lipinski definition) is 2. The van der Waals surface area contributed by atoms with E-state index in [2.05, 4.69) is 54.0 Å². The van der Waals surface area contributed by atoms with Crippen molar-refractivity contribution in [3.05, 3.63) is 42.0 Å². The standard InChI is InChI=1S/C17H19N3/c1-4-13-14-7-5-11(18-2)9-16(14)20-17-10-12(19-3)6-8-15(13)17/h5-10,18-19H,4H2,1-3H3. The molecular formula is C17H19N3. The molecule has 3 rings (SSSR count). The summed E-state index contributed by atoms with van der Waals surface area (Å²) in [5, 5.41) is 8.84. The van der Waals surface area contributed by atoms with Gasteiger partial charge in [-0.05, 0) is 36.2 Å². The van der Waals surface area contributed by atoms with E-state index in [-0.39, 0.29) is 0 Å². The minimum atomic E-state index is 1.01. The van der Waals surface area contributed by atoms with Crippen LogP contribution < -0.4 is 10.6 Å². The Morgan fingerprint density at radius 1 is 0.850 bits per heavy atom. The van der Waals surface area contributed by atoms with Gasteiger partial charge in [0.15, 0.2) is 0 Å². The summed E-state index contributed by atoms with van der Waals surface area (Å²) < 4.78 is 0. The Labute approximate surface area is 119 Å². The van der Waals surface area contributed by atoms with Crippen LogP contribution in [-0.2, 0) is 6.42 Å². The van der Waals surface area contributed by atoms with E-state index in [0.717, 1.165) is 28.8 Å². The maximum absolute atomic E-state index is 4.82. The van der Waals surface area contributed by atoms with Crippen molar-refractivity contribution < 1.29 is 0 Å². The summed E-state index contributed by atoms with van der Waals surface area (Å²) in [5.41, 5.74) is 5.66. The Morgan fingerprint density at radius 2 is 1.35 bits per heavy atom. The molecule has 0 saturated heterocycles. The molecule has 0 radical (unpaired) electrons. The normalized spacial score (nSPS) is 10.9. The summed E-state index contributed by atoms with van der Waals surface area (Å²) in [6.45, 7) is 2.20. The maximum atomic E-state index is 4.82. The number of nitrogens with one attached hydrogen (secondary N) is 2. The second-order valence-corrected chi connectivity index (χ2v) is 4.91. The highest BCUT2D eigenvalue weighted by atomic mass is 14.8. The molecule has 3 aromatic rings. The molecule has 0 spiro atoms. The van der Waals surface area contributed by atoms with Gasteiger partial charge in [-0.1, -0.05) is 19.1 Å². The van der Waals surface area contributed by atoms with Gasteiger partial charge in [0, 0.05) is 36.2 Å². The van der Waals surface area contributed by atoms with Gasteiger partial charge >= 0.3 is 0 Å². The van der Waals surface area contributed by atoms with E-state index >= 15 is 0 Å². The fourth-order valence-corrected chi connectivity index (χ4v) is 2.73. The lowest BCUT2D eigenvalue weighted by Crippen LogP contribution is -1.95. The third kappa shape index (κ3) is 1.95. The van der Waals surface area contributed by atoms with Crippen LogP contribution in [0, 0.1) is 0 Å². The molecule has 0 amide bonds. The number of benzene rings is 2. The van der Waals surface area contributed by atoms with Gasteiger partial charge in [0.2, 0.25) is 0 Å². The number of aromatic nitrogens is 1.